The lowest BCUT2D eigenvalue weighted by Crippen LogP contribution is -2.30. The van der Waals surface area contributed by atoms with Gasteiger partial charge in [0.1, 0.15) is 0 Å². The van der Waals surface area contributed by atoms with Crippen molar-refractivity contribution in [3.63, 3.8) is 0 Å². The van der Waals surface area contributed by atoms with Crippen LogP contribution in [0.5, 0.6) is 0 Å². The van der Waals surface area contributed by atoms with E-state index in [-0.39, 0.29) is 0 Å². The lowest BCUT2D eigenvalue weighted by molar-refractivity contribution is 0.407. The second-order valence-electron chi connectivity index (χ2n) is 5.47. The molecule has 0 aliphatic carbocycles. The molecule has 0 spiro atoms. The second-order valence-corrected chi connectivity index (χ2v) is 5.47. The topological polar surface area (TPSA) is 12.0 Å². The Morgan fingerprint density at radius 1 is 1.06 bits per heavy atom. The molecule has 0 bridgehead atoms. The first-order chi connectivity index (χ1) is 8.04. The van der Waals surface area contributed by atoms with Gasteiger partial charge in [0.2, 0.25) is 0 Å². The third-order valence-corrected chi connectivity index (χ3v) is 3.58. The molecule has 1 nitrogen and oxygen atoms in total. The van der Waals surface area contributed by atoms with Gasteiger partial charge >= 0.3 is 0 Å². The van der Waals surface area contributed by atoms with Gasteiger partial charge in [0.05, 0.1) is 0 Å². The summed E-state index contributed by atoms with van der Waals surface area (Å²) in [5.41, 5.74) is 2.81. The Morgan fingerprint density at radius 3 is 2.12 bits per heavy atom. The van der Waals surface area contributed by atoms with Crippen molar-refractivity contribution in [3.05, 3.63) is 35.4 Å². The van der Waals surface area contributed by atoms with E-state index in [0.717, 1.165) is 12.5 Å². The lowest BCUT2D eigenvalue weighted by atomic mass is 9.85. The van der Waals surface area contributed by atoms with Crippen molar-refractivity contribution in [2.45, 2.75) is 53.0 Å². The summed E-state index contributed by atoms with van der Waals surface area (Å²) in [6, 6.07) is 9.58. The second kappa shape index (κ2) is 6.80. The van der Waals surface area contributed by atoms with Crippen molar-refractivity contribution in [1.29, 1.82) is 0 Å². The maximum absolute atomic E-state index is 3.57. The Labute approximate surface area is 107 Å². The molecule has 0 amide bonds. The third-order valence-electron chi connectivity index (χ3n) is 3.58. The molecule has 0 saturated heterocycles. The van der Waals surface area contributed by atoms with E-state index in [1.807, 2.05) is 0 Å². The van der Waals surface area contributed by atoms with E-state index in [1.54, 1.807) is 0 Å². The third kappa shape index (κ3) is 4.51. The molecule has 1 rings (SSSR count). The fourth-order valence-corrected chi connectivity index (χ4v) is 2.11. The highest BCUT2D eigenvalue weighted by Crippen LogP contribution is 2.26. The summed E-state index contributed by atoms with van der Waals surface area (Å²) in [5.74, 6) is 1.35. The van der Waals surface area contributed by atoms with Crippen molar-refractivity contribution in [1.82, 2.24) is 5.32 Å². The van der Waals surface area contributed by atoms with E-state index in [0.29, 0.717) is 12.0 Å². The van der Waals surface area contributed by atoms with Crippen LogP contribution in [-0.4, -0.2) is 12.6 Å². The first kappa shape index (κ1) is 14.2. The molecule has 0 heterocycles. The van der Waals surface area contributed by atoms with Crippen LogP contribution in [-0.2, 0) is 0 Å². The zero-order valence-electron chi connectivity index (χ0n) is 12.0. The number of rotatable bonds is 6. The number of hydrogen-bond acceptors (Lipinski definition) is 1. The van der Waals surface area contributed by atoms with Crippen molar-refractivity contribution in [3.8, 4) is 0 Å². The Bertz CT molecular complexity index is 313. The van der Waals surface area contributed by atoms with Crippen LogP contribution < -0.4 is 5.32 Å². The van der Waals surface area contributed by atoms with Gasteiger partial charge in [-0.3, -0.25) is 0 Å². The van der Waals surface area contributed by atoms with E-state index in [2.05, 4.69) is 64.2 Å². The number of benzene rings is 1. The summed E-state index contributed by atoms with van der Waals surface area (Å²) in [4.78, 5) is 0. The highest BCUT2D eigenvalue weighted by atomic mass is 14.9. The fourth-order valence-electron chi connectivity index (χ4n) is 2.11. The highest BCUT2D eigenvalue weighted by Gasteiger charge is 2.17. The molecule has 1 aromatic carbocycles. The van der Waals surface area contributed by atoms with E-state index >= 15 is 0 Å². The van der Waals surface area contributed by atoms with E-state index in [1.165, 1.54) is 17.5 Å². The van der Waals surface area contributed by atoms with Crippen molar-refractivity contribution >= 4 is 0 Å². The van der Waals surface area contributed by atoms with Crippen LogP contribution in [0, 0.1) is 12.8 Å². The summed E-state index contributed by atoms with van der Waals surface area (Å²) in [7, 11) is 0. The maximum Gasteiger partial charge on any atom is 0.00250 e. The first-order valence-corrected chi connectivity index (χ1v) is 6.84. The highest BCUT2D eigenvalue weighted by molar-refractivity contribution is 5.25. The standard InChI is InChI=1S/C16H27N/c1-6-14(5)16(11-17-12(2)3)15-9-7-13(4)8-10-15/h7-10,12,14,16-17H,6,11H2,1-5H3. The van der Waals surface area contributed by atoms with Crippen LogP contribution in [0.4, 0.5) is 0 Å². The maximum atomic E-state index is 3.57. The Morgan fingerprint density at radius 2 is 1.65 bits per heavy atom. The average molecular weight is 233 g/mol. The average Bonchev–Trinajstić information content (AvgIpc) is 2.30. The molecule has 0 aliphatic rings. The zero-order valence-corrected chi connectivity index (χ0v) is 12.0. The molecule has 0 aromatic heterocycles. The molecule has 1 heteroatoms. The van der Waals surface area contributed by atoms with Crippen molar-refractivity contribution in [2.24, 2.45) is 5.92 Å². The molecule has 0 saturated carbocycles. The normalized spacial score (nSPS) is 14.9. The van der Waals surface area contributed by atoms with Crippen molar-refractivity contribution in [2.75, 3.05) is 6.54 Å². The SMILES string of the molecule is CCC(C)C(CNC(C)C)c1ccc(C)cc1. The van der Waals surface area contributed by atoms with E-state index in [9.17, 15) is 0 Å². The molecule has 96 valence electrons. The van der Waals surface area contributed by atoms with Gasteiger partial charge in [-0.1, -0.05) is 63.9 Å². The lowest BCUT2D eigenvalue weighted by Gasteiger charge is -2.25. The summed E-state index contributed by atoms with van der Waals surface area (Å²) < 4.78 is 0. The molecular weight excluding hydrogens is 206 g/mol. The monoisotopic (exact) mass is 233 g/mol. The molecule has 0 fully saturated rings. The number of nitrogens with one attached hydrogen (secondary N) is 1. The predicted octanol–water partition coefficient (Wildman–Crippen LogP) is 4.12. The summed E-state index contributed by atoms with van der Waals surface area (Å²) in [6.45, 7) is 12.3. The zero-order chi connectivity index (χ0) is 12.8. The van der Waals surface area contributed by atoms with Crippen molar-refractivity contribution < 1.29 is 0 Å². The Hall–Kier alpha value is -0.820. The number of aryl methyl sites for hydroxylation is 1. The molecule has 2 atom stereocenters. The molecule has 17 heavy (non-hydrogen) atoms. The largest absolute Gasteiger partial charge is 0.314 e. The molecule has 0 aliphatic heterocycles. The molecule has 1 N–H and O–H groups in total. The summed E-state index contributed by atoms with van der Waals surface area (Å²) in [5, 5.41) is 3.57. The van der Waals surface area contributed by atoms with Gasteiger partial charge in [0.15, 0.2) is 0 Å². The minimum absolute atomic E-state index is 0.562. The fraction of sp³-hybridized carbons (Fsp3) is 0.625. The van der Waals surface area contributed by atoms with Gasteiger partial charge in [-0.25, -0.2) is 0 Å². The van der Waals surface area contributed by atoms with Gasteiger partial charge in [-0.2, -0.15) is 0 Å². The van der Waals surface area contributed by atoms with Gasteiger partial charge in [-0.15, -0.1) is 0 Å². The summed E-state index contributed by atoms with van der Waals surface area (Å²) in [6.07, 6.45) is 1.23. The van der Waals surface area contributed by atoms with Crippen LogP contribution in [0.3, 0.4) is 0 Å². The van der Waals surface area contributed by atoms with Crippen LogP contribution in [0.15, 0.2) is 24.3 Å². The summed E-state index contributed by atoms with van der Waals surface area (Å²) >= 11 is 0. The van der Waals surface area contributed by atoms with E-state index < -0.39 is 0 Å². The molecule has 1 aromatic rings. The van der Waals surface area contributed by atoms with Crippen LogP contribution in [0.25, 0.3) is 0 Å². The van der Waals surface area contributed by atoms with Gasteiger partial charge in [-0.05, 0) is 24.3 Å². The van der Waals surface area contributed by atoms with Crippen LogP contribution in [0.2, 0.25) is 0 Å². The molecular formula is C16H27N. The number of hydrogen-bond donors (Lipinski definition) is 1. The first-order valence-electron chi connectivity index (χ1n) is 6.84. The Kier molecular flexibility index (Phi) is 5.70. The quantitative estimate of drug-likeness (QED) is 0.779. The predicted molar refractivity (Wildman–Crippen MR) is 76.5 cm³/mol. The van der Waals surface area contributed by atoms with Gasteiger partial charge in [0, 0.05) is 12.6 Å². The molecule has 2 unspecified atom stereocenters. The molecule has 0 radical (unpaired) electrons. The van der Waals surface area contributed by atoms with Crippen LogP contribution >= 0.6 is 0 Å². The van der Waals surface area contributed by atoms with Gasteiger partial charge in [0.25, 0.3) is 0 Å². The Balaban J connectivity index is 2.78. The smallest absolute Gasteiger partial charge is 0.00250 e. The minimum Gasteiger partial charge on any atom is -0.314 e. The van der Waals surface area contributed by atoms with Crippen LogP contribution in [0.1, 0.15) is 51.2 Å². The minimum atomic E-state index is 0.562. The van der Waals surface area contributed by atoms with E-state index in [4.69, 9.17) is 0 Å². The van der Waals surface area contributed by atoms with Gasteiger partial charge < -0.3 is 5.32 Å².